The van der Waals surface area contributed by atoms with Crippen LogP contribution in [0.2, 0.25) is 0 Å². The van der Waals surface area contributed by atoms with Gasteiger partial charge in [0.1, 0.15) is 0 Å². The second kappa shape index (κ2) is 7.33. The lowest BCUT2D eigenvalue weighted by Gasteiger charge is -2.28. The zero-order valence-corrected chi connectivity index (χ0v) is 14.3. The van der Waals surface area contributed by atoms with Crippen molar-refractivity contribution in [3.05, 3.63) is 34.8 Å². The van der Waals surface area contributed by atoms with E-state index >= 15 is 0 Å². The smallest absolute Gasteiger partial charge is 0.225 e. The molecule has 1 saturated carbocycles. The Morgan fingerprint density at radius 2 is 2.27 bits per heavy atom. The van der Waals surface area contributed by atoms with Gasteiger partial charge in [-0.2, -0.15) is 0 Å². The fourth-order valence-electron chi connectivity index (χ4n) is 2.79. The molecule has 6 heteroatoms. The number of carbonyl (C=O) groups is 1. The third-order valence-corrected chi connectivity index (χ3v) is 6.29. The maximum atomic E-state index is 12.0. The lowest BCUT2D eigenvalue weighted by atomic mass is 9.95. The van der Waals surface area contributed by atoms with E-state index in [9.17, 15) is 4.79 Å². The van der Waals surface area contributed by atoms with Gasteiger partial charge >= 0.3 is 0 Å². The second-order valence-electron chi connectivity index (χ2n) is 5.74. The monoisotopic (exact) mass is 335 g/mol. The average Bonchev–Trinajstić information content (AvgIpc) is 3.14. The molecular formula is C16H21N3OS2. The summed E-state index contributed by atoms with van der Waals surface area (Å²) in [6.07, 6.45) is 8.76. The Morgan fingerprint density at radius 3 is 2.91 bits per heavy atom. The van der Waals surface area contributed by atoms with Crippen LogP contribution in [0.3, 0.4) is 0 Å². The van der Waals surface area contributed by atoms with E-state index in [4.69, 9.17) is 0 Å². The molecule has 22 heavy (non-hydrogen) atoms. The molecule has 0 atom stereocenters. The zero-order valence-electron chi connectivity index (χ0n) is 12.7. The van der Waals surface area contributed by atoms with Gasteiger partial charge in [-0.05, 0) is 37.1 Å². The standard InChI is InChI=1S/C16H21N3OS2/c1-19-9-8-17-16(19)22-13-6-4-12(5-7-13)18-15(20)11-14-3-2-10-21-14/h2-3,8-10,12-13H,4-7,11H2,1H3,(H,18,20). The van der Waals surface area contributed by atoms with E-state index in [1.54, 1.807) is 11.3 Å². The number of imidazole rings is 1. The van der Waals surface area contributed by atoms with Crippen molar-refractivity contribution in [2.24, 2.45) is 7.05 Å². The van der Waals surface area contributed by atoms with Gasteiger partial charge in [0.25, 0.3) is 0 Å². The minimum atomic E-state index is 0.155. The Bertz CT molecular complexity index is 601. The molecule has 2 aromatic rings. The summed E-state index contributed by atoms with van der Waals surface area (Å²) in [5, 5.41) is 6.91. The molecule has 0 spiro atoms. The lowest BCUT2D eigenvalue weighted by Crippen LogP contribution is -2.38. The SMILES string of the molecule is Cn1ccnc1SC1CCC(NC(=O)Cc2cccs2)CC1. The molecule has 0 aromatic carbocycles. The van der Waals surface area contributed by atoms with Crippen molar-refractivity contribution in [3.8, 4) is 0 Å². The lowest BCUT2D eigenvalue weighted by molar-refractivity contribution is -0.121. The number of aryl methyl sites for hydroxylation is 1. The molecule has 0 unspecified atom stereocenters. The number of rotatable bonds is 5. The van der Waals surface area contributed by atoms with Gasteiger partial charge in [-0.3, -0.25) is 4.79 Å². The molecule has 4 nitrogen and oxygen atoms in total. The van der Waals surface area contributed by atoms with Gasteiger partial charge in [-0.15, -0.1) is 11.3 Å². The molecule has 2 aromatic heterocycles. The Balaban J connectivity index is 1.42. The minimum absolute atomic E-state index is 0.155. The first-order valence-electron chi connectivity index (χ1n) is 7.66. The molecule has 0 aliphatic heterocycles. The Morgan fingerprint density at radius 1 is 1.45 bits per heavy atom. The van der Waals surface area contributed by atoms with Gasteiger partial charge < -0.3 is 9.88 Å². The summed E-state index contributed by atoms with van der Waals surface area (Å²) in [7, 11) is 2.03. The van der Waals surface area contributed by atoms with E-state index in [-0.39, 0.29) is 5.91 Å². The van der Waals surface area contributed by atoms with Crippen LogP contribution in [-0.2, 0) is 18.3 Å². The first-order valence-corrected chi connectivity index (χ1v) is 9.42. The van der Waals surface area contributed by atoms with Crippen LogP contribution < -0.4 is 5.32 Å². The maximum absolute atomic E-state index is 12.0. The predicted octanol–water partition coefficient (Wildman–Crippen LogP) is 3.24. The molecule has 1 fully saturated rings. The van der Waals surface area contributed by atoms with Crippen LogP contribution in [0.15, 0.2) is 35.1 Å². The number of hydrogen-bond donors (Lipinski definition) is 1. The van der Waals surface area contributed by atoms with Gasteiger partial charge in [-0.25, -0.2) is 4.98 Å². The summed E-state index contributed by atoms with van der Waals surface area (Å²) < 4.78 is 2.07. The summed E-state index contributed by atoms with van der Waals surface area (Å²) in [5.74, 6) is 0.155. The maximum Gasteiger partial charge on any atom is 0.225 e. The third kappa shape index (κ3) is 4.14. The Kier molecular flexibility index (Phi) is 5.20. The van der Waals surface area contributed by atoms with Crippen molar-refractivity contribution in [1.29, 1.82) is 0 Å². The number of hydrogen-bond acceptors (Lipinski definition) is 4. The average molecular weight is 335 g/mol. The molecule has 0 radical (unpaired) electrons. The van der Waals surface area contributed by atoms with Crippen LogP contribution in [0.1, 0.15) is 30.6 Å². The highest BCUT2D eigenvalue weighted by Crippen LogP contribution is 2.32. The zero-order chi connectivity index (χ0) is 15.4. The van der Waals surface area contributed by atoms with E-state index in [1.807, 2.05) is 48.7 Å². The van der Waals surface area contributed by atoms with E-state index < -0.39 is 0 Å². The van der Waals surface area contributed by atoms with Crippen molar-refractivity contribution in [2.75, 3.05) is 0 Å². The van der Waals surface area contributed by atoms with Gasteiger partial charge in [-0.1, -0.05) is 17.8 Å². The quantitative estimate of drug-likeness (QED) is 0.912. The summed E-state index contributed by atoms with van der Waals surface area (Å²) in [4.78, 5) is 17.6. The Labute approximate surface area is 139 Å². The van der Waals surface area contributed by atoms with Crippen LogP contribution in [-0.4, -0.2) is 26.8 Å². The van der Waals surface area contributed by atoms with Crippen LogP contribution in [0, 0.1) is 0 Å². The molecule has 0 saturated heterocycles. The van der Waals surface area contributed by atoms with Crippen LogP contribution >= 0.6 is 23.1 Å². The highest BCUT2D eigenvalue weighted by atomic mass is 32.2. The van der Waals surface area contributed by atoms with Gasteiger partial charge in [0.15, 0.2) is 5.16 Å². The van der Waals surface area contributed by atoms with Crippen molar-refractivity contribution < 1.29 is 4.79 Å². The second-order valence-corrected chi connectivity index (χ2v) is 8.04. The molecule has 1 N–H and O–H groups in total. The molecule has 1 amide bonds. The molecular weight excluding hydrogens is 314 g/mol. The summed E-state index contributed by atoms with van der Waals surface area (Å²) in [6, 6.07) is 4.35. The topological polar surface area (TPSA) is 46.9 Å². The van der Waals surface area contributed by atoms with Gasteiger partial charge in [0, 0.05) is 35.6 Å². The van der Waals surface area contributed by atoms with Gasteiger partial charge in [0.05, 0.1) is 6.42 Å². The van der Waals surface area contributed by atoms with Gasteiger partial charge in [0.2, 0.25) is 5.91 Å². The molecule has 0 bridgehead atoms. The predicted molar refractivity (Wildman–Crippen MR) is 91.3 cm³/mol. The third-order valence-electron chi connectivity index (χ3n) is 4.00. The first kappa shape index (κ1) is 15.6. The van der Waals surface area contributed by atoms with E-state index in [2.05, 4.69) is 14.9 Å². The number of thioether (sulfide) groups is 1. The summed E-state index contributed by atoms with van der Waals surface area (Å²) in [5.41, 5.74) is 0. The number of aromatic nitrogens is 2. The van der Waals surface area contributed by atoms with Crippen molar-refractivity contribution in [1.82, 2.24) is 14.9 Å². The first-order chi connectivity index (χ1) is 10.7. The van der Waals surface area contributed by atoms with Crippen LogP contribution in [0.25, 0.3) is 0 Å². The summed E-state index contributed by atoms with van der Waals surface area (Å²) in [6.45, 7) is 0. The molecule has 2 heterocycles. The normalized spacial score (nSPS) is 21.7. The minimum Gasteiger partial charge on any atom is -0.353 e. The highest BCUT2D eigenvalue weighted by Gasteiger charge is 2.24. The fourth-order valence-corrected chi connectivity index (χ4v) is 4.65. The van der Waals surface area contributed by atoms with E-state index in [0.29, 0.717) is 17.7 Å². The molecule has 1 aliphatic carbocycles. The largest absolute Gasteiger partial charge is 0.353 e. The van der Waals surface area contributed by atoms with E-state index in [0.717, 1.165) is 35.7 Å². The molecule has 118 valence electrons. The molecule has 3 rings (SSSR count). The van der Waals surface area contributed by atoms with Crippen LogP contribution in [0.4, 0.5) is 0 Å². The summed E-state index contributed by atoms with van der Waals surface area (Å²) >= 11 is 3.51. The fraction of sp³-hybridized carbons (Fsp3) is 0.500. The Hall–Kier alpha value is -1.27. The number of amides is 1. The van der Waals surface area contributed by atoms with Crippen molar-refractivity contribution in [2.45, 2.75) is 48.6 Å². The molecule has 1 aliphatic rings. The van der Waals surface area contributed by atoms with Crippen LogP contribution in [0.5, 0.6) is 0 Å². The number of carbonyl (C=O) groups excluding carboxylic acids is 1. The van der Waals surface area contributed by atoms with Crippen molar-refractivity contribution in [3.63, 3.8) is 0 Å². The number of nitrogens with one attached hydrogen (secondary N) is 1. The number of nitrogens with zero attached hydrogens (tertiary/aromatic N) is 2. The highest BCUT2D eigenvalue weighted by molar-refractivity contribution is 7.99. The number of thiophene rings is 1. The van der Waals surface area contributed by atoms with E-state index in [1.165, 1.54) is 0 Å². The van der Waals surface area contributed by atoms with Crippen molar-refractivity contribution >= 4 is 29.0 Å².